The number of rotatable bonds is 5. The van der Waals surface area contributed by atoms with Crippen LogP contribution in [0.15, 0.2) is 18.2 Å². The lowest BCUT2D eigenvalue weighted by molar-refractivity contribution is -0.00658. The van der Waals surface area contributed by atoms with Gasteiger partial charge in [-0.25, -0.2) is 0 Å². The molecule has 2 rings (SSSR count). The van der Waals surface area contributed by atoms with Crippen LogP contribution in [0, 0.1) is 0 Å². The monoisotopic (exact) mass is 316 g/mol. The van der Waals surface area contributed by atoms with Crippen molar-refractivity contribution < 1.29 is 4.74 Å². The Kier molecular flexibility index (Phi) is 6.12. The van der Waals surface area contributed by atoms with Crippen molar-refractivity contribution in [2.75, 3.05) is 26.2 Å². The van der Waals surface area contributed by atoms with E-state index < -0.39 is 0 Å². The fraction of sp³-hybridized carbons (Fsp3) is 0.600. The largest absolute Gasteiger partial charge is 0.377 e. The Morgan fingerprint density at radius 2 is 2.25 bits per heavy atom. The van der Waals surface area contributed by atoms with Gasteiger partial charge in [0.1, 0.15) is 0 Å². The van der Waals surface area contributed by atoms with Gasteiger partial charge >= 0.3 is 0 Å². The maximum absolute atomic E-state index is 6.31. The normalized spacial score (nSPS) is 21.9. The van der Waals surface area contributed by atoms with E-state index in [4.69, 9.17) is 33.7 Å². The van der Waals surface area contributed by atoms with E-state index in [1.807, 2.05) is 19.1 Å². The molecule has 112 valence electrons. The third-order valence-electron chi connectivity index (χ3n) is 3.79. The number of piperidine rings is 1. The smallest absolute Gasteiger partial charge is 0.0702 e. The van der Waals surface area contributed by atoms with Crippen molar-refractivity contribution in [3.8, 4) is 0 Å². The average Bonchev–Trinajstić information content (AvgIpc) is 2.44. The van der Waals surface area contributed by atoms with Gasteiger partial charge in [0.2, 0.25) is 0 Å². The van der Waals surface area contributed by atoms with Gasteiger partial charge in [-0.05, 0) is 50.1 Å². The third kappa shape index (κ3) is 3.86. The van der Waals surface area contributed by atoms with Crippen molar-refractivity contribution in [1.82, 2.24) is 4.90 Å². The van der Waals surface area contributed by atoms with E-state index >= 15 is 0 Å². The zero-order valence-corrected chi connectivity index (χ0v) is 13.3. The van der Waals surface area contributed by atoms with Gasteiger partial charge in [-0.1, -0.05) is 23.2 Å². The summed E-state index contributed by atoms with van der Waals surface area (Å²) in [6.45, 7) is 5.24. The lowest BCUT2D eigenvalue weighted by Gasteiger charge is -2.38. The average molecular weight is 317 g/mol. The highest BCUT2D eigenvalue weighted by Gasteiger charge is 2.27. The van der Waals surface area contributed by atoms with Crippen LogP contribution in [0.25, 0.3) is 0 Å². The molecule has 1 aliphatic rings. The molecule has 5 heteroatoms. The van der Waals surface area contributed by atoms with Crippen LogP contribution in [0.4, 0.5) is 0 Å². The molecule has 0 bridgehead atoms. The number of halogens is 2. The second-order valence-corrected chi connectivity index (χ2v) is 5.98. The Hall–Kier alpha value is -0.320. The molecule has 1 heterocycles. The molecule has 1 aliphatic heterocycles. The zero-order valence-electron chi connectivity index (χ0n) is 11.8. The third-order valence-corrected chi connectivity index (χ3v) is 4.37. The Balaban J connectivity index is 2.16. The maximum atomic E-state index is 6.31. The van der Waals surface area contributed by atoms with E-state index in [0.29, 0.717) is 17.7 Å². The molecular formula is C15H22Cl2N2O. The van der Waals surface area contributed by atoms with Crippen molar-refractivity contribution in [2.24, 2.45) is 5.73 Å². The first-order valence-electron chi connectivity index (χ1n) is 7.16. The Labute approximate surface area is 131 Å². The molecule has 2 atom stereocenters. The molecule has 0 radical (unpaired) electrons. The van der Waals surface area contributed by atoms with Gasteiger partial charge in [0, 0.05) is 35.8 Å². The van der Waals surface area contributed by atoms with Crippen molar-refractivity contribution in [3.63, 3.8) is 0 Å². The number of hydrogen-bond donors (Lipinski definition) is 1. The van der Waals surface area contributed by atoms with Gasteiger partial charge in [-0.15, -0.1) is 0 Å². The molecule has 20 heavy (non-hydrogen) atoms. The first-order chi connectivity index (χ1) is 9.65. The minimum absolute atomic E-state index is 0.101. The Morgan fingerprint density at radius 1 is 1.45 bits per heavy atom. The van der Waals surface area contributed by atoms with E-state index in [2.05, 4.69) is 4.90 Å². The molecule has 0 aromatic heterocycles. The summed E-state index contributed by atoms with van der Waals surface area (Å²) in [5.41, 5.74) is 7.00. The van der Waals surface area contributed by atoms with Crippen molar-refractivity contribution in [2.45, 2.75) is 31.9 Å². The summed E-state index contributed by atoms with van der Waals surface area (Å²) in [6, 6.07) is 5.67. The quantitative estimate of drug-likeness (QED) is 0.903. The van der Waals surface area contributed by atoms with Crippen LogP contribution in [0.5, 0.6) is 0 Å². The molecular weight excluding hydrogens is 295 g/mol. The van der Waals surface area contributed by atoms with Crippen LogP contribution in [0.3, 0.4) is 0 Å². The summed E-state index contributed by atoms with van der Waals surface area (Å²) in [6.07, 6.45) is 2.53. The van der Waals surface area contributed by atoms with E-state index in [0.717, 1.165) is 43.1 Å². The molecule has 2 unspecified atom stereocenters. The van der Waals surface area contributed by atoms with Gasteiger partial charge < -0.3 is 10.5 Å². The summed E-state index contributed by atoms with van der Waals surface area (Å²) < 4.78 is 5.76. The van der Waals surface area contributed by atoms with Crippen LogP contribution in [0.1, 0.15) is 31.4 Å². The predicted octanol–water partition coefficient (Wildman–Crippen LogP) is 3.49. The van der Waals surface area contributed by atoms with E-state index in [9.17, 15) is 0 Å². The highest BCUT2D eigenvalue weighted by molar-refractivity contribution is 6.33. The minimum atomic E-state index is 0.101. The lowest BCUT2D eigenvalue weighted by Crippen LogP contribution is -2.44. The van der Waals surface area contributed by atoms with Gasteiger partial charge in [0.15, 0.2) is 0 Å². The SMILES string of the molecule is CCOC1CCCN(C(CN)c2cc(Cl)ccc2Cl)C1. The van der Waals surface area contributed by atoms with Crippen molar-refractivity contribution >= 4 is 23.2 Å². The van der Waals surface area contributed by atoms with Crippen molar-refractivity contribution in [1.29, 1.82) is 0 Å². The van der Waals surface area contributed by atoms with Gasteiger partial charge in [0.25, 0.3) is 0 Å². The number of likely N-dealkylation sites (tertiary alicyclic amines) is 1. The van der Waals surface area contributed by atoms with Crippen LogP contribution in [0.2, 0.25) is 10.0 Å². The number of nitrogens with two attached hydrogens (primary N) is 1. The molecule has 1 aromatic rings. The van der Waals surface area contributed by atoms with E-state index in [1.165, 1.54) is 0 Å². The second kappa shape index (κ2) is 7.62. The number of hydrogen-bond acceptors (Lipinski definition) is 3. The summed E-state index contributed by atoms with van der Waals surface area (Å²) >= 11 is 12.4. The fourth-order valence-corrected chi connectivity index (χ4v) is 3.29. The number of ether oxygens (including phenoxy) is 1. The fourth-order valence-electron chi connectivity index (χ4n) is 2.86. The molecule has 1 saturated heterocycles. The molecule has 3 nitrogen and oxygen atoms in total. The zero-order chi connectivity index (χ0) is 14.5. The first-order valence-corrected chi connectivity index (χ1v) is 7.92. The summed E-state index contributed by atoms with van der Waals surface area (Å²) in [5.74, 6) is 0. The molecule has 0 aliphatic carbocycles. The van der Waals surface area contributed by atoms with Crippen LogP contribution < -0.4 is 5.73 Å². The highest BCUT2D eigenvalue weighted by Crippen LogP contribution is 2.31. The molecule has 0 amide bonds. The second-order valence-electron chi connectivity index (χ2n) is 5.13. The first kappa shape index (κ1) is 16.1. The van der Waals surface area contributed by atoms with Crippen LogP contribution >= 0.6 is 23.2 Å². The van der Waals surface area contributed by atoms with E-state index in [1.54, 1.807) is 6.07 Å². The lowest BCUT2D eigenvalue weighted by atomic mass is 10.0. The Bertz CT molecular complexity index is 440. The van der Waals surface area contributed by atoms with Crippen molar-refractivity contribution in [3.05, 3.63) is 33.8 Å². The summed E-state index contributed by atoms with van der Waals surface area (Å²) in [4.78, 5) is 2.36. The van der Waals surface area contributed by atoms with Crippen LogP contribution in [-0.4, -0.2) is 37.2 Å². The van der Waals surface area contributed by atoms with Gasteiger partial charge in [0.05, 0.1) is 6.10 Å². The number of benzene rings is 1. The molecule has 0 saturated carbocycles. The van der Waals surface area contributed by atoms with Gasteiger partial charge in [-0.3, -0.25) is 4.90 Å². The minimum Gasteiger partial charge on any atom is -0.377 e. The standard InChI is InChI=1S/C15H22Cl2N2O/c1-2-20-12-4-3-7-19(10-12)15(9-18)13-8-11(16)5-6-14(13)17/h5-6,8,12,15H,2-4,7,9-10,18H2,1H3. The van der Waals surface area contributed by atoms with E-state index in [-0.39, 0.29) is 6.04 Å². The van der Waals surface area contributed by atoms with Gasteiger partial charge in [-0.2, -0.15) is 0 Å². The molecule has 1 aromatic carbocycles. The highest BCUT2D eigenvalue weighted by atomic mass is 35.5. The molecule has 2 N–H and O–H groups in total. The predicted molar refractivity (Wildman–Crippen MR) is 84.5 cm³/mol. The number of nitrogens with zero attached hydrogens (tertiary/aromatic N) is 1. The molecule has 1 fully saturated rings. The molecule has 0 spiro atoms. The van der Waals surface area contributed by atoms with Crippen LogP contribution in [-0.2, 0) is 4.74 Å². The maximum Gasteiger partial charge on any atom is 0.0702 e. The summed E-state index contributed by atoms with van der Waals surface area (Å²) in [5, 5.41) is 1.42. The topological polar surface area (TPSA) is 38.5 Å². The summed E-state index contributed by atoms with van der Waals surface area (Å²) in [7, 11) is 0. The Morgan fingerprint density at radius 3 is 2.95 bits per heavy atom.